The van der Waals surface area contributed by atoms with E-state index >= 15 is 0 Å². The predicted octanol–water partition coefficient (Wildman–Crippen LogP) is 5.54. The molecule has 0 spiro atoms. The van der Waals surface area contributed by atoms with Crippen molar-refractivity contribution >= 4 is 16.9 Å². The van der Waals surface area contributed by atoms with Gasteiger partial charge in [0.2, 0.25) is 5.12 Å². The van der Waals surface area contributed by atoms with Crippen LogP contribution in [0, 0.1) is 0 Å². The van der Waals surface area contributed by atoms with Gasteiger partial charge in [-0.2, -0.15) is 0 Å². The number of hydrogen-bond donors (Lipinski definition) is 0. The molecule has 0 amide bonds. The van der Waals surface area contributed by atoms with Crippen molar-refractivity contribution in [2.24, 2.45) is 0 Å². The molecular weight excluding hydrogens is 385 g/mol. The number of aromatic nitrogens is 3. The molecule has 0 radical (unpaired) electrons. The van der Waals surface area contributed by atoms with Crippen LogP contribution in [-0.4, -0.2) is 20.1 Å². The van der Waals surface area contributed by atoms with Crippen LogP contribution >= 0.6 is 11.8 Å². The first-order valence-corrected chi connectivity index (χ1v) is 10.0. The summed E-state index contributed by atoms with van der Waals surface area (Å²) in [6.45, 7) is 0.478. The third kappa shape index (κ3) is 4.78. The summed E-state index contributed by atoms with van der Waals surface area (Å²) in [7, 11) is 0. The maximum atomic E-state index is 14.5. The number of hydrogen-bond acceptors (Lipinski definition) is 4. The van der Waals surface area contributed by atoms with E-state index < -0.39 is 5.50 Å². The van der Waals surface area contributed by atoms with E-state index in [0.29, 0.717) is 23.9 Å². The highest BCUT2D eigenvalue weighted by Crippen LogP contribution is 2.31. The highest BCUT2D eigenvalue weighted by molar-refractivity contribution is 8.14. The topological polar surface area (TPSA) is 47.8 Å². The molecule has 0 bridgehead atoms. The third-order valence-electron chi connectivity index (χ3n) is 4.41. The average Bonchev–Trinajstić information content (AvgIpc) is 3.24. The molecule has 0 aliphatic heterocycles. The minimum Gasteiger partial charge on any atom is -0.281 e. The Bertz CT molecular complexity index is 1080. The van der Waals surface area contributed by atoms with Crippen LogP contribution in [0.15, 0.2) is 91.1 Å². The number of benzene rings is 3. The lowest BCUT2D eigenvalue weighted by atomic mass is 10.0. The Morgan fingerprint density at radius 3 is 2.21 bits per heavy atom. The first kappa shape index (κ1) is 19.1. The molecule has 4 rings (SSSR count). The lowest BCUT2D eigenvalue weighted by molar-refractivity contribution is 0.108. The summed E-state index contributed by atoms with van der Waals surface area (Å²) in [5.74, 6) is 0. The van der Waals surface area contributed by atoms with Gasteiger partial charge in [-0.25, -0.2) is 9.07 Å². The second-order valence-corrected chi connectivity index (χ2v) is 7.51. The summed E-state index contributed by atoms with van der Waals surface area (Å²) in [4.78, 5) is 12.1. The van der Waals surface area contributed by atoms with Gasteiger partial charge in [0.05, 0.1) is 12.7 Å². The monoisotopic (exact) mass is 403 g/mol. The number of carbonyl (C=O) groups is 1. The minimum absolute atomic E-state index is 0.139. The Hall–Kier alpha value is -3.25. The number of rotatable bonds is 6. The predicted molar refractivity (Wildman–Crippen MR) is 113 cm³/mol. The molecule has 144 valence electrons. The normalized spacial score (nSPS) is 11.9. The van der Waals surface area contributed by atoms with E-state index in [1.54, 1.807) is 35.1 Å². The Labute approximate surface area is 172 Å². The standard InChI is InChI=1S/C23H18FN3OS/c24-22(29-23(28)20-9-5-2-6-10-20)21-16-27(26-25-21)15-17-11-13-19(14-12-17)18-7-3-1-4-8-18/h1-14,16,22H,15H2. The number of alkyl halides is 1. The zero-order valence-corrected chi connectivity index (χ0v) is 16.3. The maximum absolute atomic E-state index is 14.5. The van der Waals surface area contributed by atoms with Crippen molar-refractivity contribution in [1.82, 2.24) is 15.0 Å². The Balaban J connectivity index is 1.39. The molecule has 1 atom stereocenters. The van der Waals surface area contributed by atoms with E-state index in [2.05, 4.69) is 34.6 Å². The van der Waals surface area contributed by atoms with Gasteiger partial charge >= 0.3 is 0 Å². The van der Waals surface area contributed by atoms with Gasteiger partial charge in [-0.15, -0.1) is 5.10 Å². The molecule has 1 heterocycles. The lowest BCUT2D eigenvalue weighted by Gasteiger charge is -2.05. The highest BCUT2D eigenvalue weighted by atomic mass is 32.2. The number of nitrogens with zero attached hydrogens (tertiary/aromatic N) is 3. The van der Waals surface area contributed by atoms with Crippen molar-refractivity contribution in [3.63, 3.8) is 0 Å². The van der Waals surface area contributed by atoms with Crippen molar-refractivity contribution < 1.29 is 9.18 Å². The summed E-state index contributed by atoms with van der Waals surface area (Å²) in [5, 5.41) is 7.55. The van der Waals surface area contributed by atoms with Crippen LogP contribution in [0.3, 0.4) is 0 Å². The fourth-order valence-electron chi connectivity index (χ4n) is 2.91. The average molecular weight is 403 g/mol. The van der Waals surface area contributed by atoms with Crippen LogP contribution in [0.1, 0.15) is 27.1 Å². The van der Waals surface area contributed by atoms with Crippen molar-refractivity contribution in [3.05, 3.63) is 108 Å². The molecule has 0 fully saturated rings. The summed E-state index contributed by atoms with van der Waals surface area (Å²) in [5.41, 5.74) is 2.36. The lowest BCUT2D eigenvalue weighted by Crippen LogP contribution is -2.00. The van der Waals surface area contributed by atoms with Crippen LogP contribution < -0.4 is 0 Å². The second kappa shape index (κ2) is 8.84. The van der Waals surface area contributed by atoms with Gasteiger partial charge in [0.15, 0.2) is 5.50 Å². The Morgan fingerprint density at radius 2 is 1.52 bits per heavy atom. The Morgan fingerprint density at radius 1 is 0.897 bits per heavy atom. The van der Waals surface area contributed by atoms with Gasteiger partial charge in [0, 0.05) is 5.56 Å². The first-order valence-electron chi connectivity index (χ1n) is 9.13. The molecule has 0 aliphatic carbocycles. The molecule has 1 aromatic heterocycles. The fourth-order valence-corrected chi connectivity index (χ4v) is 3.60. The van der Waals surface area contributed by atoms with E-state index in [1.807, 2.05) is 36.4 Å². The molecule has 1 unspecified atom stereocenters. The summed E-state index contributed by atoms with van der Waals surface area (Å²) < 4.78 is 16.1. The molecular formula is C23H18FN3OS. The minimum atomic E-state index is -1.56. The van der Waals surface area contributed by atoms with Crippen LogP contribution in [0.2, 0.25) is 0 Å². The van der Waals surface area contributed by atoms with E-state index in [4.69, 9.17) is 0 Å². The van der Waals surface area contributed by atoms with E-state index in [0.717, 1.165) is 16.7 Å². The van der Waals surface area contributed by atoms with Crippen LogP contribution in [0.4, 0.5) is 4.39 Å². The molecule has 3 aromatic carbocycles. The second-order valence-electron chi connectivity index (χ2n) is 6.49. The van der Waals surface area contributed by atoms with Gasteiger partial charge in [-0.3, -0.25) is 4.79 Å². The smallest absolute Gasteiger partial charge is 0.222 e. The van der Waals surface area contributed by atoms with Crippen LogP contribution in [-0.2, 0) is 6.54 Å². The van der Waals surface area contributed by atoms with Gasteiger partial charge < -0.3 is 0 Å². The molecule has 0 saturated carbocycles. The van der Waals surface area contributed by atoms with Crippen LogP contribution in [0.5, 0.6) is 0 Å². The van der Waals surface area contributed by atoms with Gasteiger partial charge in [0.1, 0.15) is 5.69 Å². The first-order chi connectivity index (χ1) is 14.2. The van der Waals surface area contributed by atoms with Crippen molar-refractivity contribution in [3.8, 4) is 11.1 Å². The van der Waals surface area contributed by atoms with E-state index in [-0.39, 0.29) is 10.8 Å². The van der Waals surface area contributed by atoms with Gasteiger partial charge in [-0.05, 0) is 28.5 Å². The molecule has 0 aliphatic rings. The SMILES string of the molecule is O=C(SC(F)c1cn(Cc2ccc(-c3ccccc3)cc2)nn1)c1ccccc1. The quantitative estimate of drug-likeness (QED) is 0.424. The highest BCUT2D eigenvalue weighted by Gasteiger charge is 2.20. The summed E-state index contributed by atoms with van der Waals surface area (Å²) >= 11 is 0.604. The van der Waals surface area contributed by atoms with Crippen molar-refractivity contribution in [2.45, 2.75) is 12.0 Å². The van der Waals surface area contributed by atoms with Crippen molar-refractivity contribution in [1.29, 1.82) is 0 Å². The fraction of sp³-hybridized carbons (Fsp3) is 0.0870. The van der Waals surface area contributed by atoms with E-state index in [9.17, 15) is 9.18 Å². The zero-order valence-electron chi connectivity index (χ0n) is 15.5. The maximum Gasteiger partial charge on any atom is 0.222 e. The molecule has 0 N–H and O–H groups in total. The summed E-state index contributed by atoms with van der Waals surface area (Å²) in [6, 6.07) is 26.9. The molecule has 4 nitrogen and oxygen atoms in total. The third-order valence-corrected chi connectivity index (χ3v) is 5.31. The van der Waals surface area contributed by atoms with Crippen LogP contribution in [0.25, 0.3) is 11.1 Å². The number of carbonyl (C=O) groups excluding carboxylic acids is 1. The largest absolute Gasteiger partial charge is 0.281 e. The zero-order chi connectivity index (χ0) is 20.1. The Kier molecular flexibility index (Phi) is 5.81. The molecule has 0 saturated heterocycles. The molecule has 4 aromatic rings. The van der Waals surface area contributed by atoms with Gasteiger partial charge in [-0.1, -0.05) is 90.1 Å². The molecule has 6 heteroatoms. The number of thioether (sulfide) groups is 1. The van der Waals surface area contributed by atoms with Crippen molar-refractivity contribution in [2.75, 3.05) is 0 Å². The number of halogens is 1. The summed E-state index contributed by atoms with van der Waals surface area (Å²) in [6.07, 6.45) is 1.54. The molecule has 29 heavy (non-hydrogen) atoms. The van der Waals surface area contributed by atoms with E-state index in [1.165, 1.54) is 0 Å². The van der Waals surface area contributed by atoms with Gasteiger partial charge in [0.25, 0.3) is 0 Å².